The Hall–Kier alpha value is -2.99. The van der Waals surface area contributed by atoms with E-state index in [9.17, 15) is 9.59 Å². The molecule has 0 aliphatic carbocycles. The zero-order valence-electron chi connectivity index (χ0n) is 14.3. The third-order valence-electron chi connectivity index (χ3n) is 3.99. The fourth-order valence-corrected chi connectivity index (χ4v) is 2.61. The zero-order chi connectivity index (χ0) is 18.7. The monoisotopic (exact) mass is 368 g/mol. The average Bonchev–Trinajstić information content (AvgIpc) is 2.64. The lowest BCUT2D eigenvalue weighted by Crippen LogP contribution is -2.35. The zero-order valence-corrected chi connectivity index (χ0v) is 15.1. The number of aromatic nitrogens is 3. The molecule has 0 saturated carbocycles. The van der Waals surface area contributed by atoms with Gasteiger partial charge in [-0.2, -0.15) is 10.1 Å². The summed E-state index contributed by atoms with van der Waals surface area (Å²) in [7, 11) is 0. The highest BCUT2D eigenvalue weighted by atomic mass is 35.5. The van der Waals surface area contributed by atoms with E-state index < -0.39 is 11.7 Å². The van der Waals surface area contributed by atoms with Crippen molar-refractivity contribution in [3.8, 4) is 11.3 Å². The van der Waals surface area contributed by atoms with Crippen molar-refractivity contribution >= 4 is 23.2 Å². The van der Waals surface area contributed by atoms with Gasteiger partial charge < -0.3 is 5.32 Å². The highest BCUT2D eigenvalue weighted by Crippen LogP contribution is 2.21. The molecular formula is C19H17ClN4O2. The molecule has 1 atom stereocenters. The molecule has 0 bridgehead atoms. The SMILES string of the molecule is Cc1ccc(Cl)cc1NC(=O)[C@H](C)n1ncc(-c2ccccc2)nc1=O. The van der Waals surface area contributed by atoms with Crippen LogP contribution in [0.25, 0.3) is 11.3 Å². The van der Waals surface area contributed by atoms with Crippen LogP contribution in [-0.4, -0.2) is 20.7 Å². The minimum atomic E-state index is -0.821. The summed E-state index contributed by atoms with van der Waals surface area (Å²) < 4.78 is 1.06. The molecule has 1 aromatic heterocycles. The Labute approximate surface area is 155 Å². The molecule has 3 aromatic rings. The van der Waals surface area contributed by atoms with Crippen LogP contribution in [0.2, 0.25) is 5.02 Å². The van der Waals surface area contributed by atoms with E-state index in [1.165, 1.54) is 6.20 Å². The molecule has 1 N–H and O–H groups in total. The smallest absolute Gasteiger partial charge is 0.324 e. The van der Waals surface area contributed by atoms with E-state index in [1.807, 2.05) is 43.3 Å². The number of hydrogen-bond donors (Lipinski definition) is 1. The summed E-state index contributed by atoms with van der Waals surface area (Å²) in [5.74, 6) is -0.376. The van der Waals surface area contributed by atoms with E-state index in [-0.39, 0.29) is 5.91 Å². The van der Waals surface area contributed by atoms with Crippen LogP contribution >= 0.6 is 11.6 Å². The Morgan fingerprint density at radius 2 is 1.92 bits per heavy atom. The first kappa shape index (κ1) is 17.8. The second-order valence-electron chi connectivity index (χ2n) is 5.86. The molecule has 26 heavy (non-hydrogen) atoms. The maximum Gasteiger partial charge on any atom is 0.365 e. The number of amides is 1. The minimum absolute atomic E-state index is 0.376. The topological polar surface area (TPSA) is 76.9 Å². The van der Waals surface area contributed by atoms with E-state index in [0.29, 0.717) is 16.4 Å². The lowest BCUT2D eigenvalue weighted by molar-refractivity contribution is -0.119. The Morgan fingerprint density at radius 1 is 1.19 bits per heavy atom. The number of nitrogens with one attached hydrogen (secondary N) is 1. The standard InChI is InChI=1S/C19H17ClN4O2/c1-12-8-9-15(20)10-16(12)22-18(25)13(2)24-19(26)23-17(11-21-24)14-6-4-3-5-7-14/h3-11,13H,1-2H3,(H,22,25)/t13-/m0/s1. The Balaban J connectivity index is 1.83. The number of carbonyl (C=O) groups is 1. The van der Waals surface area contributed by atoms with Crippen molar-refractivity contribution in [2.75, 3.05) is 5.32 Å². The number of benzene rings is 2. The second kappa shape index (κ2) is 7.49. The number of rotatable bonds is 4. The maximum atomic E-state index is 12.5. The summed E-state index contributed by atoms with van der Waals surface area (Å²) >= 11 is 5.97. The average molecular weight is 369 g/mol. The van der Waals surface area contributed by atoms with Crippen LogP contribution in [0.15, 0.2) is 59.5 Å². The molecule has 0 fully saturated rings. The van der Waals surface area contributed by atoms with Crippen LogP contribution < -0.4 is 11.0 Å². The Bertz CT molecular complexity index is 1000. The van der Waals surface area contributed by atoms with Crippen molar-refractivity contribution in [2.45, 2.75) is 19.9 Å². The molecule has 132 valence electrons. The minimum Gasteiger partial charge on any atom is -0.324 e. The van der Waals surface area contributed by atoms with Gasteiger partial charge in [0, 0.05) is 16.3 Å². The van der Waals surface area contributed by atoms with Crippen LogP contribution in [0.1, 0.15) is 18.5 Å². The fraction of sp³-hybridized carbons (Fsp3) is 0.158. The lowest BCUT2D eigenvalue weighted by Gasteiger charge is -2.15. The van der Waals surface area contributed by atoms with Crippen LogP contribution in [0.5, 0.6) is 0 Å². The molecule has 0 saturated heterocycles. The molecule has 1 heterocycles. The van der Waals surface area contributed by atoms with Crippen LogP contribution in [-0.2, 0) is 4.79 Å². The second-order valence-corrected chi connectivity index (χ2v) is 6.30. The molecule has 1 amide bonds. The van der Waals surface area contributed by atoms with Crippen LogP contribution in [0.3, 0.4) is 0 Å². The first-order valence-corrected chi connectivity index (χ1v) is 8.42. The van der Waals surface area contributed by atoms with E-state index in [2.05, 4.69) is 15.4 Å². The van der Waals surface area contributed by atoms with E-state index >= 15 is 0 Å². The molecule has 0 radical (unpaired) electrons. The molecule has 0 aliphatic heterocycles. The van der Waals surface area contributed by atoms with E-state index in [4.69, 9.17) is 11.6 Å². The third kappa shape index (κ3) is 3.81. The Morgan fingerprint density at radius 3 is 2.62 bits per heavy atom. The summed E-state index contributed by atoms with van der Waals surface area (Å²) in [6.07, 6.45) is 1.48. The molecule has 0 unspecified atom stereocenters. The van der Waals surface area contributed by atoms with Crippen LogP contribution in [0.4, 0.5) is 5.69 Å². The number of halogens is 1. The van der Waals surface area contributed by atoms with Crippen molar-refractivity contribution in [2.24, 2.45) is 0 Å². The summed E-state index contributed by atoms with van der Waals surface area (Å²) in [5, 5.41) is 7.40. The van der Waals surface area contributed by atoms with Gasteiger partial charge in [-0.25, -0.2) is 9.48 Å². The molecule has 3 rings (SSSR count). The van der Waals surface area contributed by atoms with Gasteiger partial charge in [0.2, 0.25) is 5.91 Å². The van der Waals surface area contributed by atoms with Gasteiger partial charge in [-0.15, -0.1) is 0 Å². The molecule has 7 heteroatoms. The molecule has 2 aromatic carbocycles. The van der Waals surface area contributed by atoms with Gasteiger partial charge in [-0.1, -0.05) is 48.0 Å². The number of nitrogens with zero attached hydrogens (tertiary/aromatic N) is 3. The lowest BCUT2D eigenvalue weighted by atomic mass is 10.2. The molecular weight excluding hydrogens is 352 g/mol. The summed E-state index contributed by atoms with van der Waals surface area (Å²) in [5.41, 5.74) is 2.13. The summed E-state index contributed by atoms with van der Waals surface area (Å²) in [4.78, 5) is 28.9. The van der Waals surface area contributed by atoms with Crippen molar-refractivity contribution < 1.29 is 4.79 Å². The highest BCUT2D eigenvalue weighted by Gasteiger charge is 2.19. The normalized spacial score (nSPS) is 11.8. The van der Waals surface area contributed by atoms with Gasteiger partial charge in [0.1, 0.15) is 6.04 Å². The van der Waals surface area contributed by atoms with E-state index in [1.54, 1.807) is 19.1 Å². The van der Waals surface area contributed by atoms with Gasteiger partial charge in [0.25, 0.3) is 0 Å². The first-order chi connectivity index (χ1) is 12.5. The largest absolute Gasteiger partial charge is 0.365 e. The van der Waals surface area contributed by atoms with Gasteiger partial charge >= 0.3 is 5.69 Å². The summed E-state index contributed by atoms with van der Waals surface area (Å²) in [6.45, 7) is 3.45. The first-order valence-electron chi connectivity index (χ1n) is 8.04. The highest BCUT2D eigenvalue weighted by molar-refractivity contribution is 6.31. The molecule has 6 nitrogen and oxygen atoms in total. The van der Waals surface area contributed by atoms with E-state index in [0.717, 1.165) is 15.8 Å². The quantitative estimate of drug-likeness (QED) is 0.765. The number of hydrogen-bond acceptors (Lipinski definition) is 4. The van der Waals surface area contributed by atoms with Crippen molar-refractivity contribution in [1.29, 1.82) is 0 Å². The maximum absolute atomic E-state index is 12.5. The summed E-state index contributed by atoms with van der Waals surface area (Å²) in [6, 6.07) is 13.7. The fourth-order valence-electron chi connectivity index (χ4n) is 2.44. The Kier molecular flexibility index (Phi) is 5.14. The van der Waals surface area contributed by atoms with Gasteiger partial charge in [0.15, 0.2) is 0 Å². The van der Waals surface area contributed by atoms with Gasteiger partial charge in [0.05, 0.1) is 11.9 Å². The number of aryl methyl sites for hydroxylation is 1. The third-order valence-corrected chi connectivity index (χ3v) is 4.22. The van der Waals surface area contributed by atoms with Crippen LogP contribution in [0, 0.1) is 6.92 Å². The number of carbonyl (C=O) groups excluding carboxylic acids is 1. The predicted octanol–water partition coefficient (Wildman–Crippen LogP) is 3.47. The van der Waals surface area contributed by atoms with Crippen molar-refractivity contribution in [3.63, 3.8) is 0 Å². The molecule has 0 aliphatic rings. The van der Waals surface area contributed by atoms with Crippen molar-refractivity contribution in [3.05, 3.63) is 75.8 Å². The van der Waals surface area contributed by atoms with Gasteiger partial charge in [-0.05, 0) is 31.5 Å². The van der Waals surface area contributed by atoms with Crippen molar-refractivity contribution in [1.82, 2.24) is 14.8 Å². The molecule has 0 spiro atoms. The predicted molar refractivity (Wildman–Crippen MR) is 101 cm³/mol. The van der Waals surface area contributed by atoms with Gasteiger partial charge in [-0.3, -0.25) is 4.79 Å². The number of anilines is 1.